The van der Waals surface area contributed by atoms with E-state index >= 15 is 0 Å². The Labute approximate surface area is 157 Å². The van der Waals surface area contributed by atoms with Crippen molar-refractivity contribution in [1.29, 1.82) is 0 Å². The first kappa shape index (κ1) is 20.2. The standard InChI is InChI=1S/C16H30N6.HI/c1-3-17-16(19-14-15-8-10-20-21(15)2)18-9-4-5-11-22-12-6-7-13-22;/h8,10H,3-7,9,11-14H2,1-2H3,(H2,17,18,19);1H. The highest BCUT2D eigenvalue weighted by Crippen LogP contribution is 2.07. The Kier molecular flexibility index (Phi) is 10.3. The van der Waals surface area contributed by atoms with Gasteiger partial charge in [0.15, 0.2) is 5.96 Å². The fraction of sp³-hybridized carbons (Fsp3) is 0.750. The number of nitrogens with one attached hydrogen (secondary N) is 2. The molecule has 1 aromatic rings. The Balaban J connectivity index is 0.00000264. The molecular weight excluding hydrogens is 403 g/mol. The normalized spacial score (nSPS) is 15.5. The molecule has 2 heterocycles. The van der Waals surface area contributed by atoms with E-state index < -0.39 is 0 Å². The molecule has 2 N–H and O–H groups in total. The average molecular weight is 434 g/mol. The number of aliphatic imine (C=N–C) groups is 1. The molecule has 0 spiro atoms. The quantitative estimate of drug-likeness (QED) is 0.284. The van der Waals surface area contributed by atoms with Crippen LogP contribution in [-0.4, -0.2) is 53.4 Å². The largest absolute Gasteiger partial charge is 0.357 e. The molecule has 0 amide bonds. The van der Waals surface area contributed by atoms with Crippen LogP contribution in [0.3, 0.4) is 0 Å². The highest BCUT2D eigenvalue weighted by molar-refractivity contribution is 14.0. The van der Waals surface area contributed by atoms with Crippen LogP contribution in [0.1, 0.15) is 38.3 Å². The maximum atomic E-state index is 4.62. The molecule has 0 atom stereocenters. The number of hydrogen-bond acceptors (Lipinski definition) is 3. The molecule has 0 bridgehead atoms. The molecule has 1 aliphatic heterocycles. The van der Waals surface area contributed by atoms with Gasteiger partial charge in [-0.1, -0.05) is 0 Å². The summed E-state index contributed by atoms with van der Waals surface area (Å²) in [6, 6.07) is 2.00. The van der Waals surface area contributed by atoms with Crippen LogP contribution in [0.5, 0.6) is 0 Å². The highest BCUT2D eigenvalue weighted by atomic mass is 127. The Morgan fingerprint density at radius 2 is 2.04 bits per heavy atom. The monoisotopic (exact) mass is 434 g/mol. The number of guanidine groups is 1. The van der Waals surface area contributed by atoms with Crippen molar-refractivity contribution in [1.82, 2.24) is 25.3 Å². The molecule has 1 aliphatic rings. The van der Waals surface area contributed by atoms with Crippen molar-refractivity contribution in [3.8, 4) is 0 Å². The predicted octanol–water partition coefficient (Wildman–Crippen LogP) is 1.97. The molecule has 0 radical (unpaired) electrons. The lowest BCUT2D eigenvalue weighted by Gasteiger charge is -2.15. The molecule has 2 rings (SSSR count). The average Bonchev–Trinajstić information content (AvgIpc) is 3.16. The van der Waals surface area contributed by atoms with Gasteiger partial charge in [-0.2, -0.15) is 5.10 Å². The van der Waals surface area contributed by atoms with Gasteiger partial charge < -0.3 is 15.5 Å². The summed E-state index contributed by atoms with van der Waals surface area (Å²) >= 11 is 0. The van der Waals surface area contributed by atoms with Crippen molar-refractivity contribution in [3.05, 3.63) is 18.0 Å². The molecule has 132 valence electrons. The lowest BCUT2D eigenvalue weighted by Crippen LogP contribution is -2.38. The van der Waals surface area contributed by atoms with Crippen LogP contribution >= 0.6 is 24.0 Å². The van der Waals surface area contributed by atoms with Gasteiger partial charge in [-0.15, -0.1) is 24.0 Å². The number of hydrogen-bond donors (Lipinski definition) is 2. The van der Waals surface area contributed by atoms with Crippen LogP contribution < -0.4 is 10.6 Å². The smallest absolute Gasteiger partial charge is 0.191 e. The molecule has 6 nitrogen and oxygen atoms in total. The van der Waals surface area contributed by atoms with E-state index in [9.17, 15) is 0 Å². The van der Waals surface area contributed by atoms with Gasteiger partial charge in [-0.3, -0.25) is 4.68 Å². The number of aryl methyl sites for hydroxylation is 1. The van der Waals surface area contributed by atoms with E-state index in [4.69, 9.17) is 0 Å². The zero-order chi connectivity index (χ0) is 15.6. The molecule has 7 heteroatoms. The van der Waals surface area contributed by atoms with Gasteiger partial charge in [-0.25, -0.2) is 4.99 Å². The molecule has 1 fully saturated rings. The van der Waals surface area contributed by atoms with E-state index in [0.717, 1.165) is 24.7 Å². The van der Waals surface area contributed by atoms with Crippen molar-refractivity contribution in [3.63, 3.8) is 0 Å². The second-order valence-electron chi connectivity index (χ2n) is 5.82. The first-order chi connectivity index (χ1) is 10.8. The predicted molar refractivity (Wildman–Crippen MR) is 106 cm³/mol. The van der Waals surface area contributed by atoms with Crippen molar-refractivity contribution in [2.45, 2.75) is 39.2 Å². The summed E-state index contributed by atoms with van der Waals surface area (Å²) in [5.41, 5.74) is 1.12. The third kappa shape index (κ3) is 7.52. The first-order valence-electron chi connectivity index (χ1n) is 8.51. The zero-order valence-corrected chi connectivity index (χ0v) is 16.8. The van der Waals surface area contributed by atoms with E-state index in [-0.39, 0.29) is 24.0 Å². The molecule has 0 saturated carbocycles. The lowest BCUT2D eigenvalue weighted by molar-refractivity contribution is 0.330. The van der Waals surface area contributed by atoms with Crippen molar-refractivity contribution in [2.24, 2.45) is 12.0 Å². The van der Waals surface area contributed by atoms with Gasteiger partial charge >= 0.3 is 0 Å². The number of unbranched alkanes of at least 4 members (excludes halogenated alkanes) is 1. The Hall–Kier alpha value is -0.830. The summed E-state index contributed by atoms with van der Waals surface area (Å²) in [5.74, 6) is 0.893. The summed E-state index contributed by atoms with van der Waals surface area (Å²) < 4.78 is 1.86. The van der Waals surface area contributed by atoms with Crippen molar-refractivity contribution < 1.29 is 0 Å². The Bertz CT molecular complexity index is 453. The minimum atomic E-state index is 0. The SMILES string of the molecule is CCNC(=NCc1ccnn1C)NCCCCN1CCCC1.I. The molecular formula is C16H31IN6. The molecule has 1 saturated heterocycles. The zero-order valence-electron chi connectivity index (χ0n) is 14.4. The third-order valence-corrected chi connectivity index (χ3v) is 4.06. The van der Waals surface area contributed by atoms with Crippen LogP contribution in [-0.2, 0) is 13.6 Å². The van der Waals surface area contributed by atoms with Gasteiger partial charge in [0.05, 0.1) is 12.2 Å². The topological polar surface area (TPSA) is 57.5 Å². The fourth-order valence-corrected chi connectivity index (χ4v) is 2.73. The molecule has 1 aromatic heterocycles. The summed E-state index contributed by atoms with van der Waals surface area (Å²) in [6.07, 6.45) is 7.01. The number of rotatable bonds is 8. The first-order valence-corrected chi connectivity index (χ1v) is 8.51. The summed E-state index contributed by atoms with van der Waals surface area (Å²) in [4.78, 5) is 7.19. The highest BCUT2D eigenvalue weighted by Gasteiger charge is 2.10. The minimum absolute atomic E-state index is 0. The van der Waals surface area contributed by atoms with E-state index in [2.05, 4.69) is 32.5 Å². The lowest BCUT2D eigenvalue weighted by atomic mass is 10.3. The second kappa shape index (κ2) is 11.7. The maximum absolute atomic E-state index is 4.62. The molecule has 0 aromatic carbocycles. The van der Waals surface area contributed by atoms with Crippen LogP contribution in [0.2, 0.25) is 0 Å². The van der Waals surface area contributed by atoms with Crippen LogP contribution in [0.15, 0.2) is 17.3 Å². The Morgan fingerprint density at radius 1 is 1.26 bits per heavy atom. The number of aromatic nitrogens is 2. The third-order valence-electron chi connectivity index (χ3n) is 4.06. The van der Waals surface area contributed by atoms with Gasteiger partial charge in [0.1, 0.15) is 0 Å². The molecule has 23 heavy (non-hydrogen) atoms. The van der Waals surface area contributed by atoms with E-state index in [0.29, 0.717) is 6.54 Å². The molecule has 0 aliphatic carbocycles. The second-order valence-corrected chi connectivity index (χ2v) is 5.82. The van der Waals surface area contributed by atoms with E-state index in [1.165, 1.54) is 45.3 Å². The van der Waals surface area contributed by atoms with Crippen LogP contribution in [0.4, 0.5) is 0 Å². The summed E-state index contributed by atoms with van der Waals surface area (Å²) in [7, 11) is 1.95. The fourth-order valence-electron chi connectivity index (χ4n) is 2.73. The Morgan fingerprint density at radius 3 is 2.70 bits per heavy atom. The van der Waals surface area contributed by atoms with Crippen LogP contribution in [0.25, 0.3) is 0 Å². The van der Waals surface area contributed by atoms with Crippen molar-refractivity contribution in [2.75, 3.05) is 32.7 Å². The van der Waals surface area contributed by atoms with E-state index in [1.54, 1.807) is 0 Å². The van der Waals surface area contributed by atoms with Crippen LogP contribution in [0, 0.1) is 0 Å². The van der Waals surface area contributed by atoms with E-state index in [1.807, 2.05) is 24.0 Å². The number of likely N-dealkylation sites (tertiary alicyclic amines) is 1. The molecule has 0 unspecified atom stereocenters. The van der Waals surface area contributed by atoms with Gasteiger partial charge in [0, 0.05) is 26.3 Å². The minimum Gasteiger partial charge on any atom is -0.357 e. The number of halogens is 1. The van der Waals surface area contributed by atoms with Gasteiger partial charge in [0.25, 0.3) is 0 Å². The summed E-state index contributed by atoms with van der Waals surface area (Å²) in [5, 5.41) is 10.9. The summed E-state index contributed by atoms with van der Waals surface area (Å²) in [6.45, 7) is 8.43. The van der Waals surface area contributed by atoms with Crippen molar-refractivity contribution >= 4 is 29.9 Å². The number of nitrogens with zero attached hydrogens (tertiary/aromatic N) is 4. The maximum Gasteiger partial charge on any atom is 0.191 e. The van der Waals surface area contributed by atoms with Gasteiger partial charge in [0.2, 0.25) is 0 Å². The van der Waals surface area contributed by atoms with Gasteiger partial charge in [-0.05, 0) is 58.3 Å².